The Hall–Kier alpha value is -1.90. The second-order valence-electron chi connectivity index (χ2n) is 5.63. The van der Waals surface area contributed by atoms with Gasteiger partial charge in [-0.05, 0) is 49.7 Å². The minimum atomic E-state index is -3.17. The molecule has 140 valence electrons. The van der Waals surface area contributed by atoms with Crippen LogP contribution >= 0.6 is 11.8 Å². The van der Waals surface area contributed by atoms with Gasteiger partial charge in [-0.2, -0.15) is 0 Å². The van der Waals surface area contributed by atoms with Gasteiger partial charge in [-0.15, -0.1) is 0 Å². The Morgan fingerprint density at radius 2 is 1.92 bits per heavy atom. The van der Waals surface area contributed by atoms with Crippen LogP contribution in [0.15, 0.2) is 58.6 Å². The fourth-order valence-corrected chi connectivity index (χ4v) is 3.79. The molecule has 1 N–H and O–H groups in total. The zero-order valence-electron chi connectivity index (χ0n) is 14.9. The third-order valence-corrected chi connectivity index (χ3v) is 6.57. The van der Waals surface area contributed by atoms with E-state index in [1.807, 2.05) is 30.3 Å². The molecular formula is C18H23N3O3S2. The van der Waals surface area contributed by atoms with Crippen LogP contribution < -0.4 is 5.32 Å². The van der Waals surface area contributed by atoms with Crippen LogP contribution in [-0.4, -0.2) is 49.5 Å². The molecule has 6 nitrogen and oxygen atoms in total. The minimum absolute atomic E-state index is 0.0821. The van der Waals surface area contributed by atoms with Gasteiger partial charge in [-0.25, -0.2) is 17.7 Å². The summed E-state index contributed by atoms with van der Waals surface area (Å²) in [6.45, 7) is 2.42. The molecule has 0 saturated heterocycles. The van der Waals surface area contributed by atoms with E-state index in [0.29, 0.717) is 25.1 Å². The van der Waals surface area contributed by atoms with Gasteiger partial charge in [0.1, 0.15) is 5.03 Å². The number of pyridine rings is 1. The van der Waals surface area contributed by atoms with Gasteiger partial charge in [0, 0.05) is 36.8 Å². The zero-order valence-corrected chi connectivity index (χ0v) is 16.5. The lowest BCUT2D eigenvalue weighted by atomic mass is 10.2. The third kappa shape index (κ3) is 6.12. The molecule has 0 unspecified atom stereocenters. The number of benzene rings is 1. The summed E-state index contributed by atoms with van der Waals surface area (Å²) in [5.74, 6) is -0.0842. The number of rotatable bonds is 9. The predicted octanol–water partition coefficient (Wildman–Crippen LogP) is 2.63. The molecule has 0 saturated carbocycles. The highest BCUT2D eigenvalue weighted by Crippen LogP contribution is 2.25. The molecule has 1 heterocycles. The first-order valence-electron chi connectivity index (χ1n) is 8.33. The van der Waals surface area contributed by atoms with E-state index in [9.17, 15) is 13.2 Å². The summed E-state index contributed by atoms with van der Waals surface area (Å²) in [6, 6.07) is 13.0. The lowest BCUT2D eigenvalue weighted by Crippen LogP contribution is -2.32. The smallest absolute Gasteiger partial charge is 0.251 e. The van der Waals surface area contributed by atoms with Gasteiger partial charge in [-0.3, -0.25) is 4.79 Å². The first kappa shape index (κ1) is 20.4. The molecule has 8 heteroatoms. The van der Waals surface area contributed by atoms with Crippen molar-refractivity contribution >= 4 is 27.7 Å². The van der Waals surface area contributed by atoms with Gasteiger partial charge < -0.3 is 5.32 Å². The Kier molecular flexibility index (Phi) is 7.62. The molecule has 0 aliphatic carbocycles. The maximum absolute atomic E-state index is 12.1. The summed E-state index contributed by atoms with van der Waals surface area (Å²) >= 11 is 1.53. The maximum atomic E-state index is 12.1. The summed E-state index contributed by atoms with van der Waals surface area (Å²) < 4.78 is 24.6. The number of hydrogen-bond acceptors (Lipinski definition) is 5. The molecule has 1 aromatic heterocycles. The van der Waals surface area contributed by atoms with E-state index in [-0.39, 0.29) is 11.7 Å². The molecule has 0 bridgehead atoms. The summed E-state index contributed by atoms with van der Waals surface area (Å²) in [5, 5.41) is 3.71. The molecule has 0 fully saturated rings. The van der Waals surface area contributed by atoms with Crippen LogP contribution in [0.4, 0.5) is 0 Å². The molecule has 0 radical (unpaired) electrons. The molecule has 2 aromatic rings. The molecule has 2 rings (SSSR count). The number of aromatic nitrogens is 1. The second kappa shape index (κ2) is 9.70. The Morgan fingerprint density at radius 3 is 2.54 bits per heavy atom. The van der Waals surface area contributed by atoms with E-state index in [1.165, 1.54) is 16.1 Å². The minimum Gasteiger partial charge on any atom is -0.352 e. The van der Waals surface area contributed by atoms with E-state index >= 15 is 0 Å². The second-order valence-corrected chi connectivity index (χ2v) is 9.08. The summed E-state index contributed by atoms with van der Waals surface area (Å²) in [7, 11) is -1.61. The van der Waals surface area contributed by atoms with Crippen LogP contribution in [-0.2, 0) is 10.0 Å². The standard InChI is InChI=1S/C18H23N3O3S2/c1-3-26(23,24)21(2)14-6-13-20-18(22)15-8-10-16(11-9-15)25-17-7-4-5-12-19-17/h4-5,7-12H,3,6,13-14H2,1-2H3,(H,20,22). The molecule has 0 aliphatic heterocycles. The Labute approximate surface area is 159 Å². The highest BCUT2D eigenvalue weighted by molar-refractivity contribution is 7.99. The van der Waals surface area contributed by atoms with Gasteiger partial charge in [0.05, 0.1) is 5.75 Å². The van der Waals surface area contributed by atoms with Crippen molar-refractivity contribution in [1.82, 2.24) is 14.6 Å². The average Bonchev–Trinajstić information content (AvgIpc) is 2.66. The normalized spacial score (nSPS) is 11.5. The van der Waals surface area contributed by atoms with Crippen molar-refractivity contribution in [3.8, 4) is 0 Å². The highest BCUT2D eigenvalue weighted by atomic mass is 32.2. The number of sulfonamides is 1. The number of carbonyl (C=O) groups excluding carboxylic acids is 1. The fourth-order valence-electron chi connectivity index (χ4n) is 2.17. The molecule has 1 amide bonds. The molecule has 0 atom stereocenters. The van der Waals surface area contributed by atoms with Crippen LogP contribution in [0.3, 0.4) is 0 Å². The zero-order chi connectivity index (χ0) is 19.0. The number of amides is 1. The van der Waals surface area contributed by atoms with Crippen molar-refractivity contribution in [3.05, 3.63) is 54.2 Å². The van der Waals surface area contributed by atoms with E-state index in [4.69, 9.17) is 0 Å². The number of hydrogen-bond donors (Lipinski definition) is 1. The van der Waals surface area contributed by atoms with Crippen LogP contribution in [0, 0.1) is 0 Å². The number of nitrogens with zero attached hydrogens (tertiary/aromatic N) is 2. The van der Waals surface area contributed by atoms with E-state index < -0.39 is 10.0 Å². The topological polar surface area (TPSA) is 79.4 Å². The van der Waals surface area contributed by atoms with Gasteiger partial charge in [0.15, 0.2) is 0 Å². The Morgan fingerprint density at radius 1 is 1.19 bits per heavy atom. The van der Waals surface area contributed by atoms with E-state index in [2.05, 4.69) is 10.3 Å². The largest absolute Gasteiger partial charge is 0.352 e. The van der Waals surface area contributed by atoms with E-state index in [1.54, 1.807) is 32.3 Å². The number of nitrogens with one attached hydrogen (secondary N) is 1. The summed E-state index contributed by atoms with van der Waals surface area (Å²) in [4.78, 5) is 17.4. The van der Waals surface area contributed by atoms with Crippen LogP contribution in [0.2, 0.25) is 0 Å². The monoisotopic (exact) mass is 393 g/mol. The lowest BCUT2D eigenvalue weighted by molar-refractivity contribution is 0.0953. The van der Waals surface area contributed by atoms with Crippen molar-refractivity contribution in [2.24, 2.45) is 0 Å². The van der Waals surface area contributed by atoms with Crippen molar-refractivity contribution in [2.45, 2.75) is 23.3 Å². The number of carbonyl (C=O) groups is 1. The first-order valence-corrected chi connectivity index (χ1v) is 10.8. The lowest BCUT2D eigenvalue weighted by Gasteiger charge is -2.15. The van der Waals surface area contributed by atoms with Crippen LogP contribution in [0.5, 0.6) is 0 Å². The molecule has 0 spiro atoms. The summed E-state index contributed by atoms with van der Waals surface area (Å²) in [5.41, 5.74) is 0.574. The van der Waals surface area contributed by atoms with Gasteiger partial charge >= 0.3 is 0 Å². The van der Waals surface area contributed by atoms with E-state index in [0.717, 1.165) is 9.92 Å². The molecule has 26 heavy (non-hydrogen) atoms. The van der Waals surface area contributed by atoms with Crippen molar-refractivity contribution in [3.63, 3.8) is 0 Å². The average molecular weight is 394 g/mol. The molecule has 0 aliphatic rings. The van der Waals surface area contributed by atoms with Crippen LogP contribution in [0.1, 0.15) is 23.7 Å². The van der Waals surface area contributed by atoms with Gasteiger partial charge in [0.2, 0.25) is 10.0 Å². The predicted molar refractivity (Wildman–Crippen MR) is 104 cm³/mol. The first-order chi connectivity index (χ1) is 12.4. The van der Waals surface area contributed by atoms with Crippen molar-refractivity contribution in [1.29, 1.82) is 0 Å². The quantitative estimate of drug-likeness (QED) is 0.663. The van der Waals surface area contributed by atoms with Gasteiger partial charge in [-0.1, -0.05) is 17.8 Å². The highest BCUT2D eigenvalue weighted by Gasteiger charge is 2.14. The van der Waals surface area contributed by atoms with Crippen LogP contribution in [0.25, 0.3) is 0 Å². The Balaban J connectivity index is 1.79. The Bertz CT molecular complexity index is 809. The molecular weight excluding hydrogens is 370 g/mol. The fraction of sp³-hybridized carbons (Fsp3) is 0.333. The van der Waals surface area contributed by atoms with Gasteiger partial charge in [0.25, 0.3) is 5.91 Å². The third-order valence-electron chi connectivity index (χ3n) is 3.75. The summed E-state index contributed by atoms with van der Waals surface area (Å²) in [6.07, 6.45) is 2.31. The van der Waals surface area contributed by atoms with Crippen molar-refractivity contribution in [2.75, 3.05) is 25.9 Å². The van der Waals surface area contributed by atoms with Crippen molar-refractivity contribution < 1.29 is 13.2 Å². The maximum Gasteiger partial charge on any atom is 0.251 e. The SMILES string of the molecule is CCS(=O)(=O)N(C)CCCNC(=O)c1ccc(Sc2ccccn2)cc1. The molecule has 1 aromatic carbocycles.